The van der Waals surface area contributed by atoms with Gasteiger partial charge in [0.25, 0.3) is 0 Å². The third-order valence-corrected chi connectivity index (χ3v) is 4.53. The van der Waals surface area contributed by atoms with Crippen LogP contribution in [0.4, 0.5) is 0 Å². The Kier molecular flexibility index (Phi) is 2.93. The van der Waals surface area contributed by atoms with Crippen LogP contribution in [0.5, 0.6) is 5.75 Å². The maximum Gasteiger partial charge on any atom is 0.178 e. The molecule has 2 aromatic rings. The summed E-state index contributed by atoms with van der Waals surface area (Å²) in [5.41, 5.74) is 2.67. The highest BCUT2D eigenvalue weighted by Gasteiger charge is 2.32. The molecule has 19 heavy (non-hydrogen) atoms. The van der Waals surface area contributed by atoms with E-state index in [0.717, 1.165) is 21.6 Å². The SMILES string of the molecule is COc1ccc2[nH]c(=S)n(C3CCC(C)(C)C3)c2c1. The van der Waals surface area contributed by atoms with Crippen molar-refractivity contribution in [3.05, 3.63) is 23.0 Å². The van der Waals surface area contributed by atoms with Gasteiger partial charge in [0.2, 0.25) is 0 Å². The molecular formula is C15H20N2OS. The van der Waals surface area contributed by atoms with Gasteiger partial charge in [0.1, 0.15) is 5.75 Å². The molecule has 3 rings (SSSR count). The van der Waals surface area contributed by atoms with Gasteiger partial charge in [0, 0.05) is 12.1 Å². The average molecular weight is 276 g/mol. The van der Waals surface area contributed by atoms with E-state index in [2.05, 4.69) is 29.5 Å². The van der Waals surface area contributed by atoms with Crippen molar-refractivity contribution >= 4 is 23.3 Å². The molecule has 0 aliphatic heterocycles. The Labute approximate surface area is 118 Å². The number of nitrogens with zero attached hydrogens (tertiary/aromatic N) is 1. The van der Waals surface area contributed by atoms with Gasteiger partial charge in [0.05, 0.1) is 18.1 Å². The van der Waals surface area contributed by atoms with Crippen molar-refractivity contribution in [3.63, 3.8) is 0 Å². The van der Waals surface area contributed by atoms with E-state index in [0.29, 0.717) is 11.5 Å². The maximum atomic E-state index is 5.51. The van der Waals surface area contributed by atoms with E-state index in [4.69, 9.17) is 17.0 Å². The Balaban J connectivity index is 2.12. The molecular weight excluding hydrogens is 256 g/mol. The zero-order valence-electron chi connectivity index (χ0n) is 11.7. The molecule has 0 radical (unpaired) electrons. The Morgan fingerprint density at radius 1 is 1.42 bits per heavy atom. The van der Waals surface area contributed by atoms with Gasteiger partial charge in [-0.1, -0.05) is 13.8 Å². The molecule has 3 nitrogen and oxygen atoms in total. The van der Waals surface area contributed by atoms with Gasteiger partial charge in [-0.2, -0.15) is 0 Å². The minimum absolute atomic E-state index is 0.419. The Morgan fingerprint density at radius 3 is 2.84 bits per heavy atom. The lowest BCUT2D eigenvalue weighted by atomic mass is 9.92. The molecule has 1 saturated carbocycles. The standard InChI is InChI=1S/C15H20N2OS/c1-15(2)7-6-10(9-15)17-13-8-11(18-3)4-5-12(13)16-14(17)19/h4-5,8,10H,6-7,9H2,1-3H3,(H,16,19). The van der Waals surface area contributed by atoms with Gasteiger partial charge < -0.3 is 14.3 Å². The quantitative estimate of drug-likeness (QED) is 0.821. The number of imidazole rings is 1. The number of fused-ring (bicyclic) bond motifs is 1. The number of rotatable bonds is 2. The molecule has 1 aliphatic carbocycles. The van der Waals surface area contributed by atoms with Gasteiger partial charge in [0.15, 0.2) is 4.77 Å². The number of aromatic nitrogens is 2. The lowest BCUT2D eigenvalue weighted by molar-refractivity contribution is 0.360. The number of hydrogen-bond donors (Lipinski definition) is 1. The van der Waals surface area contributed by atoms with Crippen molar-refractivity contribution in [2.45, 2.75) is 39.2 Å². The molecule has 1 aromatic heterocycles. The van der Waals surface area contributed by atoms with Crippen molar-refractivity contribution < 1.29 is 4.74 Å². The summed E-state index contributed by atoms with van der Waals surface area (Å²) in [6.07, 6.45) is 3.65. The van der Waals surface area contributed by atoms with E-state index in [1.165, 1.54) is 19.3 Å². The third kappa shape index (κ3) is 2.18. The zero-order chi connectivity index (χ0) is 13.6. The van der Waals surface area contributed by atoms with Gasteiger partial charge in [-0.15, -0.1) is 0 Å². The number of ether oxygens (including phenoxy) is 1. The summed E-state index contributed by atoms with van der Waals surface area (Å²) in [4.78, 5) is 3.30. The number of hydrogen-bond acceptors (Lipinski definition) is 2. The average Bonchev–Trinajstić information content (AvgIpc) is 2.87. The van der Waals surface area contributed by atoms with Gasteiger partial charge in [-0.3, -0.25) is 0 Å². The molecule has 0 saturated heterocycles. The van der Waals surface area contributed by atoms with Crippen molar-refractivity contribution in [1.82, 2.24) is 9.55 Å². The van der Waals surface area contributed by atoms with E-state index in [1.54, 1.807) is 7.11 Å². The summed E-state index contributed by atoms with van der Waals surface area (Å²) < 4.78 is 8.43. The normalized spacial score (nSPS) is 21.9. The minimum Gasteiger partial charge on any atom is -0.497 e. The molecule has 1 aromatic carbocycles. The van der Waals surface area contributed by atoms with E-state index in [9.17, 15) is 0 Å². The summed E-state index contributed by atoms with van der Waals surface area (Å²) in [6, 6.07) is 6.59. The molecule has 1 aliphatic rings. The van der Waals surface area contributed by atoms with Gasteiger partial charge >= 0.3 is 0 Å². The summed E-state index contributed by atoms with van der Waals surface area (Å²) in [7, 11) is 1.70. The Morgan fingerprint density at radius 2 is 2.21 bits per heavy atom. The zero-order valence-corrected chi connectivity index (χ0v) is 12.5. The fourth-order valence-electron chi connectivity index (χ4n) is 3.21. The molecule has 0 amide bonds. The summed E-state index contributed by atoms with van der Waals surface area (Å²) in [5, 5.41) is 0. The molecule has 1 N–H and O–H groups in total. The minimum atomic E-state index is 0.419. The molecule has 1 atom stereocenters. The summed E-state index contributed by atoms with van der Waals surface area (Å²) >= 11 is 5.51. The Bertz CT molecular complexity index is 668. The molecule has 4 heteroatoms. The molecule has 0 bridgehead atoms. The smallest absolute Gasteiger partial charge is 0.178 e. The molecule has 1 fully saturated rings. The lowest BCUT2D eigenvalue weighted by Gasteiger charge is -2.18. The topological polar surface area (TPSA) is 29.9 Å². The van der Waals surface area contributed by atoms with E-state index < -0.39 is 0 Å². The molecule has 1 heterocycles. The monoisotopic (exact) mass is 276 g/mol. The van der Waals surface area contributed by atoms with Crippen LogP contribution in [0, 0.1) is 10.2 Å². The van der Waals surface area contributed by atoms with Crippen LogP contribution >= 0.6 is 12.2 Å². The van der Waals surface area contributed by atoms with E-state index in [1.807, 2.05) is 12.1 Å². The first-order chi connectivity index (χ1) is 9.00. The first-order valence-electron chi connectivity index (χ1n) is 6.78. The van der Waals surface area contributed by atoms with Crippen LogP contribution in [-0.2, 0) is 0 Å². The van der Waals surface area contributed by atoms with Crippen molar-refractivity contribution in [2.24, 2.45) is 5.41 Å². The van der Waals surface area contributed by atoms with Gasteiger partial charge in [-0.05, 0) is 49.0 Å². The van der Waals surface area contributed by atoms with Crippen LogP contribution in [-0.4, -0.2) is 16.7 Å². The highest BCUT2D eigenvalue weighted by Crippen LogP contribution is 2.44. The predicted octanol–water partition coefficient (Wildman–Crippen LogP) is 4.46. The second-order valence-electron chi connectivity index (χ2n) is 6.24. The largest absolute Gasteiger partial charge is 0.497 e. The third-order valence-electron chi connectivity index (χ3n) is 4.23. The van der Waals surface area contributed by atoms with Crippen LogP contribution in [0.2, 0.25) is 0 Å². The van der Waals surface area contributed by atoms with Crippen LogP contribution in [0.15, 0.2) is 18.2 Å². The highest BCUT2D eigenvalue weighted by atomic mass is 32.1. The summed E-state index contributed by atoms with van der Waals surface area (Å²) in [5.74, 6) is 0.882. The van der Waals surface area contributed by atoms with Crippen LogP contribution in [0.1, 0.15) is 39.2 Å². The second-order valence-corrected chi connectivity index (χ2v) is 6.63. The maximum absolute atomic E-state index is 5.51. The lowest BCUT2D eigenvalue weighted by Crippen LogP contribution is -2.09. The second kappa shape index (κ2) is 4.37. The molecule has 102 valence electrons. The fourth-order valence-corrected chi connectivity index (χ4v) is 3.57. The van der Waals surface area contributed by atoms with E-state index in [-0.39, 0.29) is 0 Å². The van der Waals surface area contributed by atoms with Crippen molar-refractivity contribution in [2.75, 3.05) is 7.11 Å². The summed E-state index contributed by atoms with van der Waals surface area (Å²) in [6.45, 7) is 4.68. The predicted molar refractivity (Wildman–Crippen MR) is 80.3 cm³/mol. The number of H-pyrrole nitrogens is 1. The van der Waals surface area contributed by atoms with Crippen LogP contribution in [0.3, 0.4) is 0 Å². The number of benzene rings is 1. The molecule has 1 unspecified atom stereocenters. The highest BCUT2D eigenvalue weighted by molar-refractivity contribution is 7.71. The first-order valence-corrected chi connectivity index (χ1v) is 7.19. The van der Waals surface area contributed by atoms with E-state index >= 15 is 0 Å². The molecule has 0 spiro atoms. The number of aromatic amines is 1. The van der Waals surface area contributed by atoms with Crippen LogP contribution in [0.25, 0.3) is 11.0 Å². The van der Waals surface area contributed by atoms with Crippen LogP contribution < -0.4 is 4.74 Å². The Hall–Kier alpha value is -1.29. The number of methoxy groups -OCH3 is 1. The van der Waals surface area contributed by atoms with Crippen molar-refractivity contribution in [1.29, 1.82) is 0 Å². The first kappa shape index (κ1) is 12.7. The van der Waals surface area contributed by atoms with Gasteiger partial charge in [-0.25, -0.2) is 0 Å². The van der Waals surface area contributed by atoms with Crippen molar-refractivity contribution in [3.8, 4) is 5.75 Å². The fraction of sp³-hybridized carbons (Fsp3) is 0.533. The number of nitrogens with one attached hydrogen (secondary N) is 1.